The van der Waals surface area contributed by atoms with Gasteiger partial charge in [0.25, 0.3) is 5.69 Å². The third-order valence-electron chi connectivity index (χ3n) is 1.96. The van der Waals surface area contributed by atoms with Crippen molar-refractivity contribution in [2.45, 2.75) is 6.10 Å². The predicted molar refractivity (Wildman–Crippen MR) is 59.5 cm³/mol. The van der Waals surface area contributed by atoms with Gasteiger partial charge in [-0.3, -0.25) is 10.1 Å². The van der Waals surface area contributed by atoms with E-state index in [0.29, 0.717) is 5.69 Å². The molecule has 1 unspecified atom stereocenters. The van der Waals surface area contributed by atoms with Crippen molar-refractivity contribution in [1.29, 1.82) is 0 Å². The Morgan fingerprint density at radius 1 is 1.62 bits per heavy atom. The molecule has 0 aromatic heterocycles. The van der Waals surface area contributed by atoms with Crippen LogP contribution in [0.4, 0.5) is 11.4 Å². The van der Waals surface area contributed by atoms with Gasteiger partial charge in [0.1, 0.15) is 0 Å². The Morgan fingerprint density at radius 2 is 2.38 bits per heavy atom. The third kappa shape index (κ3) is 3.84. The molecule has 0 aliphatic carbocycles. The summed E-state index contributed by atoms with van der Waals surface area (Å²) >= 11 is 0. The van der Waals surface area contributed by atoms with Gasteiger partial charge in [0.05, 0.1) is 17.6 Å². The lowest BCUT2D eigenvalue weighted by Crippen LogP contribution is -2.24. The van der Waals surface area contributed by atoms with Crippen molar-refractivity contribution in [3.05, 3.63) is 34.4 Å². The number of hydrogen-bond donors (Lipinski definition) is 2. The number of ether oxygens (including phenoxy) is 1. The number of nitro benzene ring substituents is 1. The van der Waals surface area contributed by atoms with E-state index in [1.54, 1.807) is 12.1 Å². The van der Waals surface area contributed by atoms with E-state index in [2.05, 4.69) is 5.32 Å². The van der Waals surface area contributed by atoms with Crippen LogP contribution >= 0.6 is 0 Å². The first kappa shape index (κ1) is 12.4. The van der Waals surface area contributed by atoms with E-state index in [9.17, 15) is 15.2 Å². The molecule has 1 rings (SSSR count). The van der Waals surface area contributed by atoms with Gasteiger partial charge in [-0.05, 0) is 6.07 Å². The topological polar surface area (TPSA) is 84.6 Å². The SMILES string of the molecule is COCC(O)CNc1cccc([N+](=O)[O-])c1. The van der Waals surface area contributed by atoms with Crippen LogP contribution in [0.1, 0.15) is 0 Å². The lowest BCUT2D eigenvalue weighted by Gasteiger charge is -2.11. The van der Waals surface area contributed by atoms with Crippen molar-refractivity contribution in [2.75, 3.05) is 25.6 Å². The van der Waals surface area contributed by atoms with Gasteiger partial charge in [-0.15, -0.1) is 0 Å². The second kappa shape index (κ2) is 6.04. The van der Waals surface area contributed by atoms with Crippen molar-refractivity contribution >= 4 is 11.4 Å². The van der Waals surface area contributed by atoms with Gasteiger partial charge in [-0.1, -0.05) is 6.07 Å². The maximum atomic E-state index is 10.5. The molecule has 16 heavy (non-hydrogen) atoms. The zero-order valence-corrected chi connectivity index (χ0v) is 8.92. The van der Waals surface area contributed by atoms with E-state index in [0.717, 1.165) is 0 Å². The molecule has 0 amide bonds. The fourth-order valence-corrected chi connectivity index (χ4v) is 1.22. The molecule has 0 saturated heterocycles. The molecule has 1 atom stereocenters. The number of nitro groups is 1. The quantitative estimate of drug-likeness (QED) is 0.558. The Hall–Kier alpha value is -1.66. The Morgan fingerprint density at radius 3 is 3.00 bits per heavy atom. The number of nitrogens with one attached hydrogen (secondary N) is 1. The van der Waals surface area contributed by atoms with Crippen LogP contribution in [-0.4, -0.2) is 36.4 Å². The number of hydrogen-bond acceptors (Lipinski definition) is 5. The largest absolute Gasteiger partial charge is 0.389 e. The molecular weight excluding hydrogens is 212 g/mol. The number of nitrogens with zero attached hydrogens (tertiary/aromatic N) is 1. The van der Waals surface area contributed by atoms with Gasteiger partial charge in [0, 0.05) is 31.5 Å². The van der Waals surface area contributed by atoms with Gasteiger partial charge in [0.15, 0.2) is 0 Å². The molecule has 1 aromatic carbocycles. The molecule has 0 aliphatic heterocycles. The minimum Gasteiger partial charge on any atom is -0.389 e. The molecular formula is C10H14N2O4. The zero-order valence-electron chi connectivity index (χ0n) is 8.92. The van der Waals surface area contributed by atoms with E-state index in [-0.39, 0.29) is 18.8 Å². The number of rotatable bonds is 6. The first-order chi connectivity index (χ1) is 7.63. The fraction of sp³-hybridized carbons (Fsp3) is 0.400. The van der Waals surface area contributed by atoms with Gasteiger partial charge in [0.2, 0.25) is 0 Å². The lowest BCUT2D eigenvalue weighted by molar-refractivity contribution is -0.384. The number of anilines is 1. The zero-order chi connectivity index (χ0) is 12.0. The average Bonchev–Trinajstić information content (AvgIpc) is 2.27. The van der Waals surface area contributed by atoms with Crippen LogP contribution in [-0.2, 0) is 4.74 Å². The van der Waals surface area contributed by atoms with E-state index in [1.807, 2.05) is 0 Å². The summed E-state index contributed by atoms with van der Waals surface area (Å²) in [4.78, 5) is 10.0. The van der Waals surface area contributed by atoms with Crippen LogP contribution in [0.15, 0.2) is 24.3 Å². The molecule has 2 N–H and O–H groups in total. The first-order valence-electron chi connectivity index (χ1n) is 4.79. The van der Waals surface area contributed by atoms with Gasteiger partial charge in [-0.25, -0.2) is 0 Å². The van der Waals surface area contributed by atoms with E-state index < -0.39 is 11.0 Å². The van der Waals surface area contributed by atoms with E-state index in [4.69, 9.17) is 4.74 Å². The predicted octanol–water partition coefficient (Wildman–Crippen LogP) is 1.01. The molecule has 6 nitrogen and oxygen atoms in total. The maximum absolute atomic E-state index is 10.5. The number of non-ortho nitro benzene ring substituents is 1. The normalized spacial score (nSPS) is 12.1. The summed E-state index contributed by atoms with van der Waals surface area (Å²) in [5, 5.41) is 22.8. The summed E-state index contributed by atoms with van der Waals surface area (Å²) in [6.45, 7) is 0.511. The summed E-state index contributed by atoms with van der Waals surface area (Å²) in [5.41, 5.74) is 0.621. The molecule has 0 radical (unpaired) electrons. The first-order valence-corrected chi connectivity index (χ1v) is 4.79. The highest BCUT2D eigenvalue weighted by molar-refractivity contribution is 5.50. The van der Waals surface area contributed by atoms with Crippen molar-refractivity contribution in [3.63, 3.8) is 0 Å². The van der Waals surface area contributed by atoms with Crippen LogP contribution in [0, 0.1) is 10.1 Å². The molecule has 0 saturated carbocycles. The fourth-order valence-electron chi connectivity index (χ4n) is 1.22. The number of methoxy groups -OCH3 is 1. The summed E-state index contributed by atoms with van der Waals surface area (Å²) in [6.07, 6.45) is -0.635. The Labute approximate surface area is 93.0 Å². The van der Waals surface area contributed by atoms with Crippen molar-refractivity contribution in [3.8, 4) is 0 Å². The van der Waals surface area contributed by atoms with Crippen molar-refractivity contribution in [2.24, 2.45) is 0 Å². The average molecular weight is 226 g/mol. The minimum atomic E-state index is -0.635. The minimum absolute atomic E-state index is 0.0197. The Balaban J connectivity index is 2.54. The molecule has 88 valence electrons. The highest BCUT2D eigenvalue weighted by atomic mass is 16.6. The van der Waals surface area contributed by atoms with Crippen molar-refractivity contribution < 1.29 is 14.8 Å². The highest BCUT2D eigenvalue weighted by Crippen LogP contribution is 2.16. The number of benzene rings is 1. The number of aliphatic hydroxyl groups is 1. The van der Waals surface area contributed by atoms with Gasteiger partial charge < -0.3 is 15.2 Å². The molecule has 1 aromatic rings. The summed E-state index contributed by atoms with van der Waals surface area (Å²) in [7, 11) is 1.50. The van der Waals surface area contributed by atoms with Crippen LogP contribution in [0.3, 0.4) is 0 Å². The molecule has 0 bridgehead atoms. The van der Waals surface area contributed by atoms with Gasteiger partial charge >= 0.3 is 0 Å². The maximum Gasteiger partial charge on any atom is 0.271 e. The second-order valence-electron chi connectivity index (χ2n) is 3.30. The molecule has 6 heteroatoms. The second-order valence-corrected chi connectivity index (χ2v) is 3.30. The third-order valence-corrected chi connectivity index (χ3v) is 1.96. The lowest BCUT2D eigenvalue weighted by atomic mass is 10.2. The van der Waals surface area contributed by atoms with Crippen LogP contribution in [0.25, 0.3) is 0 Å². The summed E-state index contributed by atoms with van der Waals surface area (Å²) < 4.78 is 4.76. The highest BCUT2D eigenvalue weighted by Gasteiger charge is 2.07. The van der Waals surface area contributed by atoms with Gasteiger partial charge in [-0.2, -0.15) is 0 Å². The molecule has 0 heterocycles. The van der Waals surface area contributed by atoms with E-state index >= 15 is 0 Å². The number of aliphatic hydroxyl groups excluding tert-OH is 1. The van der Waals surface area contributed by atoms with Crippen LogP contribution < -0.4 is 5.32 Å². The summed E-state index contributed by atoms with van der Waals surface area (Å²) in [5.74, 6) is 0. The molecule has 0 aliphatic rings. The van der Waals surface area contributed by atoms with Crippen molar-refractivity contribution in [1.82, 2.24) is 0 Å². The Bertz CT molecular complexity index is 356. The molecule has 0 fully saturated rings. The van der Waals surface area contributed by atoms with E-state index in [1.165, 1.54) is 19.2 Å². The van der Waals surface area contributed by atoms with Crippen LogP contribution in [0.2, 0.25) is 0 Å². The Kier molecular flexibility index (Phi) is 4.68. The summed E-state index contributed by atoms with van der Waals surface area (Å²) in [6, 6.07) is 6.12. The standard InChI is InChI=1S/C10H14N2O4/c1-16-7-10(13)6-11-8-3-2-4-9(5-8)12(14)15/h2-5,10-11,13H,6-7H2,1H3. The smallest absolute Gasteiger partial charge is 0.271 e. The van der Waals surface area contributed by atoms with Crippen LogP contribution in [0.5, 0.6) is 0 Å². The monoisotopic (exact) mass is 226 g/mol. The molecule has 0 spiro atoms.